The van der Waals surface area contributed by atoms with E-state index < -0.39 is 0 Å². The van der Waals surface area contributed by atoms with E-state index in [9.17, 15) is 0 Å². The smallest absolute Gasteiger partial charge is 0.204 e. The van der Waals surface area contributed by atoms with Gasteiger partial charge in [-0.1, -0.05) is 31.2 Å². The van der Waals surface area contributed by atoms with E-state index in [1.165, 1.54) is 5.56 Å². The summed E-state index contributed by atoms with van der Waals surface area (Å²) in [5.74, 6) is 1.44. The summed E-state index contributed by atoms with van der Waals surface area (Å²) in [6.07, 6.45) is 6.65. The number of aromatic nitrogens is 7. The molecule has 1 N–H and O–H groups in total. The van der Waals surface area contributed by atoms with Gasteiger partial charge in [0.05, 0.1) is 0 Å². The number of tetrazole rings is 1. The Balaban J connectivity index is 1.62. The SMILES string of the molecule is CCc1ccc(-c2nccn2Cc2cccc(-c3nn[nH]n3)c2)nc1. The van der Waals surface area contributed by atoms with Gasteiger partial charge in [-0.3, -0.25) is 4.98 Å². The highest BCUT2D eigenvalue weighted by molar-refractivity contribution is 5.55. The number of H-pyrrole nitrogens is 1. The predicted molar refractivity (Wildman–Crippen MR) is 93.6 cm³/mol. The summed E-state index contributed by atoms with van der Waals surface area (Å²) in [5.41, 5.74) is 4.15. The van der Waals surface area contributed by atoms with Gasteiger partial charge in [0.25, 0.3) is 0 Å². The molecule has 0 aliphatic rings. The normalized spacial score (nSPS) is 10.9. The summed E-state index contributed by atoms with van der Waals surface area (Å²) < 4.78 is 2.09. The zero-order valence-corrected chi connectivity index (χ0v) is 13.8. The van der Waals surface area contributed by atoms with Crippen molar-refractivity contribution in [3.05, 3.63) is 66.1 Å². The summed E-state index contributed by atoms with van der Waals surface area (Å²) in [4.78, 5) is 9.01. The Hall–Kier alpha value is -3.35. The molecule has 7 nitrogen and oxygen atoms in total. The van der Waals surface area contributed by atoms with Crippen molar-refractivity contribution in [3.63, 3.8) is 0 Å². The Morgan fingerprint density at radius 1 is 1.08 bits per heavy atom. The maximum absolute atomic E-state index is 4.54. The van der Waals surface area contributed by atoms with E-state index in [0.717, 1.165) is 29.1 Å². The molecule has 3 heterocycles. The molecule has 7 heteroatoms. The lowest BCUT2D eigenvalue weighted by molar-refractivity contribution is 0.803. The van der Waals surface area contributed by atoms with E-state index in [-0.39, 0.29) is 0 Å². The highest BCUT2D eigenvalue weighted by atomic mass is 15.5. The molecule has 0 spiro atoms. The van der Waals surface area contributed by atoms with E-state index in [4.69, 9.17) is 0 Å². The van der Waals surface area contributed by atoms with Crippen molar-refractivity contribution in [2.45, 2.75) is 19.9 Å². The molecular formula is C18H17N7. The van der Waals surface area contributed by atoms with Gasteiger partial charge in [0.1, 0.15) is 5.69 Å². The molecule has 4 aromatic rings. The minimum atomic E-state index is 0.588. The summed E-state index contributed by atoms with van der Waals surface area (Å²) in [5, 5.41) is 14.2. The summed E-state index contributed by atoms with van der Waals surface area (Å²) in [6, 6.07) is 12.2. The van der Waals surface area contributed by atoms with Crippen molar-refractivity contribution < 1.29 is 0 Å². The first-order valence-electron chi connectivity index (χ1n) is 8.12. The maximum Gasteiger partial charge on any atom is 0.204 e. The zero-order chi connectivity index (χ0) is 17.1. The van der Waals surface area contributed by atoms with Crippen LogP contribution in [-0.2, 0) is 13.0 Å². The lowest BCUT2D eigenvalue weighted by Gasteiger charge is -2.09. The average Bonchev–Trinajstić information content (AvgIpc) is 3.34. The Morgan fingerprint density at radius 2 is 2.04 bits per heavy atom. The first-order chi connectivity index (χ1) is 12.3. The molecule has 0 aliphatic carbocycles. The standard InChI is InChI=1S/C18H17N7/c1-2-13-6-7-16(20-11-13)18-19-8-9-25(18)12-14-4-3-5-15(10-14)17-21-23-24-22-17/h3-11H,2,12H2,1H3,(H,21,22,23,24). The van der Waals surface area contributed by atoms with Crippen LogP contribution < -0.4 is 0 Å². The molecule has 0 unspecified atom stereocenters. The molecule has 124 valence electrons. The first-order valence-corrected chi connectivity index (χ1v) is 8.12. The van der Waals surface area contributed by atoms with Gasteiger partial charge in [0, 0.05) is 30.7 Å². The number of hydrogen-bond donors (Lipinski definition) is 1. The molecule has 0 fully saturated rings. The molecule has 0 saturated carbocycles. The van der Waals surface area contributed by atoms with E-state index in [0.29, 0.717) is 12.4 Å². The lowest BCUT2D eigenvalue weighted by atomic mass is 10.1. The highest BCUT2D eigenvalue weighted by Crippen LogP contribution is 2.19. The molecule has 0 aliphatic heterocycles. The van der Waals surface area contributed by atoms with Crippen molar-refractivity contribution in [1.82, 2.24) is 35.2 Å². The Labute approximate surface area is 144 Å². The highest BCUT2D eigenvalue weighted by Gasteiger charge is 2.09. The van der Waals surface area contributed by atoms with E-state index >= 15 is 0 Å². The van der Waals surface area contributed by atoms with E-state index in [1.807, 2.05) is 30.6 Å². The summed E-state index contributed by atoms with van der Waals surface area (Å²) >= 11 is 0. The Morgan fingerprint density at radius 3 is 2.80 bits per heavy atom. The second-order valence-corrected chi connectivity index (χ2v) is 5.72. The van der Waals surface area contributed by atoms with E-state index in [2.05, 4.69) is 60.3 Å². The number of pyridine rings is 1. The monoisotopic (exact) mass is 331 g/mol. The third kappa shape index (κ3) is 3.16. The van der Waals surface area contributed by atoms with Crippen LogP contribution in [0.5, 0.6) is 0 Å². The predicted octanol–water partition coefficient (Wildman–Crippen LogP) is 2.74. The number of hydrogen-bond acceptors (Lipinski definition) is 5. The number of aryl methyl sites for hydroxylation is 1. The van der Waals surface area contributed by atoms with Gasteiger partial charge >= 0.3 is 0 Å². The van der Waals surface area contributed by atoms with Crippen LogP contribution in [-0.4, -0.2) is 35.2 Å². The van der Waals surface area contributed by atoms with Gasteiger partial charge in [-0.25, -0.2) is 4.98 Å². The molecule has 0 saturated heterocycles. The van der Waals surface area contributed by atoms with Gasteiger partial charge in [0.15, 0.2) is 5.82 Å². The topological polar surface area (TPSA) is 85.2 Å². The van der Waals surface area contributed by atoms with Gasteiger partial charge < -0.3 is 4.57 Å². The largest absolute Gasteiger partial charge is 0.325 e. The molecular weight excluding hydrogens is 314 g/mol. The quantitative estimate of drug-likeness (QED) is 0.608. The van der Waals surface area contributed by atoms with Crippen LogP contribution >= 0.6 is 0 Å². The second-order valence-electron chi connectivity index (χ2n) is 5.72. The van der Waals surface area contributed by atoms with Gasteiger partial charge in [-0.2, -0.15) is 5.21 Å². The first kappa shape index (κ1) is 15.2. The minimum Gasteiger partial charge on any atom is -0.325 e. The fraction of sp³-hybridized carbons (Fsp3) is 0.167. The van der Waals surface area contributed by atoms with E-state index in [1.54, 1.807) is 6.20 Å². The number of nitrogens with zero attached hydrogens (tertiary/aromatic N) is 6. The van der Waals surface area contributed by atoms with Crippen LogP contribution in [0.25, 0.3) is 22.9 Å². The average molecular weight is 331 g/mol. The van der Waals surface area contributed by atoms with Gasteiger partial charge in [-0.05, 0) is 34.9 Å². The lowest BCUT2D eigenvalue weighted by Crippen LogP contribution is -2.02. The molecule has 0 bridgehead atoms. The Bertz CT molecular complexity index is 955. The van der Waals surface area contributed by atoms with Gasteiger partial charge in [-0.15, -0.1) is 10.2 Å². The summed E-state index contributed by atoms with van der Waals surface area (Å²) in [6.45, 7) is 2.81. The van der Waals surface area contributed by atoms with Crippen LogP contribution in [0.3, 0.4) is 0 Å². The van der Waals surface area contributed by atoms with Crippen LogP contribution in [0.4, 0.5) is 0 Å². The maximum atomic E-state index is 4.54. The fourth-order valence-corrected chi connectivity index (χ4v) is 2.73. The number of aromatic amines is 1. The number of imidazole rings is 1. The third-order valence-electron chi connectivity index (χ3n) is 4.06. The second kappa shape index (κ2) is 6.64. The molecule has 3 aromatic heterocycles. The molecule has 0 radical (unpaired) electrons. The van der Waals surface area contributed by atoms with Crippen LogP contribution in [0.2, 0.25) is 0 Å². The fourth-order valence-electron chi connectivity index (χ4n) is 2.73. The molecule has 0 atom stereocenters. The van der Waals surface area contributed by atoms with Gasteiger partial charge in [0.2, 0.25) is 5.82 Å². The molecule has 1 aromatic carbocycles. The number of benzene rings is 1. The van der Waals surface area contributed by atoms with Crippen LogP contribution in [0.15, 0.2) is 55.0 Å². The van der Waals surface area contributed by atoms with Crippen molar-refractivity contribution in [3.8, 4) is 22.9 Å². The minimum absolute atomic E-state index is 0.588. The van der Waals surface area contributed by atoms with Crippen molar-refractivity contribution in [2.75, 3.05) is 0 Å². The summed E-state index contributed by atoms with van der Waals surface area (Å²) in [7, 11) is 0. The van der Waals surface area contributed by atoms with Crippen molar-refractivity contribution in [2.24, 2.45) is 0 Å². The van der Waals surface area contributed by atoms with Crippen molar-refractivity contribution in [1.29, 1.82) is 0 Å². The number of nitrogens with one attached hydrogen (secondary N) is 1. The van der Waals surface area contributed by atoms with Crippen LogP contribution in [0, 0.1) is 0 Å². The third-order valence-corrected chi connectivity index (χ3v) is 4.06. The zero-order valence-electron chi connectivity index (χ0n) is 13.8. The molecule has 0 amide bonds. The van der Waals surface area contributed by atoms with Crippen LogP contribution in [0.1, 0.15) is 18.1 Å². The Kier molecular flexibility index (Phi) is 4.04. The molecule has 4 rings (SSSR count). The molecule has 25 heavy (non-hydrogen) atoms. The van der Waals surface area contributed by atoms with Crippen molar-refractivity contribution >= 4 is 0 Å². The number of rotatable bonds is 5.